The molecule has 1 N–H and O–H groups in total. The lowest BCUT2D eigenvalue weighted by Crippen LogP contribution is -2.46. The van der Waals surface area contributed by atoms with Crippen molar-refractivity contribution in [1.29, 1.82) is 0 Å². The standard InChI is InChI=1S/C21H25N3O3/c1-27-19-6-2-4-16(14-19)7-8-20(25)23-18-9-12-24(13-10-18)21(26)17-5-3-11-22-15-17/h2-6,11,14-15,18H,7-10,12-13H2,1H3,(H,23,25). The Kier molecular flexibility index (Phi) is 6.41. The van der Waals surface area contributed by atoms with Gasteiger partial charge in [-0.15, -0.1) is 0 Å². The number of piperidine rings is 1. The third kappa shape index (κ3) is 5.29. The van der Waals surface area contributed by atoms with Gasteiger partial charge < -0.3 is 15.0 Å². The van der Waals surface area contributed by atoms with Crippen LogP contribution in [0.3, 0.4) is 0 Å². The number of likely N-dealkylation sites (tertiary alicyclic amines) is 1. The van der Waals surface area contributed by atoms with Crippen LogP contribution in [0.2, 0.25) is 0 Å². The summed E-state index contributed by atoms with van der Waals surface area (Å²) in [6.07, 6.45) is 5.93. The van der Waals surface area contributed by atoms with Gasteiger partial charge in [-0.1, -0.05) is 12.1 Å². The number of benzene rings is 1. The highest BCUT2D eigenvalue weighted by Crippen LogP contribution is 2.16. The number of methoxy groups -OCH3 is 1. The molecule has 0 radical (unpaired) electrons. The molecule has 1 aromatic heterocycles. The van der Waals surface area contributed by atoms with E-state index in [2.05, 4.69) is 10.3 Å². The lowest BCUT2D eigenvalue weighted by Gasteiger charge is -2.32. The Morgan fingerprint density at radius 3 is 2.74 bits per heavy atom. The van der Waals surface area contributed by atoms with Gasteiger partial charge in [0.2, 0.25) is 5.91 Å². The van der Waals surface area contributed by atoms with Crippen molar-refractivity contribution in [2.75, 3.05) is 20.2 Å². The molecule has 27 heavy (non-hydrogen) atoms. The fraction of sp³-hybridized carbons (Fsp3) is 0.381. The normalized spacial score (nSPS) is 14.6. The molecule has 2 heterocycles. The molecule has 1 aliphatic heterocycles. The average molecular weight is 367 g/mol. The van der Waals surface area contributed by atoms with Crippen LogP contribution in [0.15, 0.2) is 48.8 Å². The van der Waals surface area contributed by atoms with Gasteiger partial charge in [0, 0.05) is 37.9 Å². The van der Waals surface area contributed by atoms with Crippen LogP contribution in [0, 0.1) is 0 Å². The summed E-state index contributed by atoms with van der Waals surface area (Å²) in [5, 5.41) is 3.10. The lowest BCUT2D eigenvalue weighted by atomic mass is 10.0. The van der Waals surface area contributed by atoms with Gasteiger partial charge in [-0.3, -0.25) is 14.6 Å². The van der Waals surface area contributed by atoms with Crippen molar-refractivity contribution < 1.29 is 14.3 Å². The number of carbonyl (C=O) groups is 2. The number of aromatic nitrogens is 1. The topological polar surface area (TPSA) is 71.5 Å². The first-order valence-electron chi connectivity index (χ1n) is 9.27. The smallest absolute Gasteiger partial charge is 0.255 e. The summed E-state index contributed by atoms with van der Waals surface area (Å²) in [7, 11) is 1.64. The summed E-state index contributed by atoms with van der Waals surface area (Å²) in [5.41, 5.74) is 1.69. The van der Waals surface area contributed by atoms with Gasteiger partial charge >= 0.3 is 0 Å². The quantitative estimate of drug-likeness (QED) is 0.851. The van der Waals surface area contributed by atoms with Crippen LogP contribution >= 0.6 is 0 Å². The zero-order chi connectivity index (χ0) is 19.1. The van der Waals surface area contributed by atoms with Crippen molar-refractivity contribution >= 4 is 11.8 Å². The van der Waals surface area contributed by atoms with Gasteiger partial charge in [-0.25, -0.2) is 0 Å². The molecule has 6 nitrogen and oxygen atoms in total. The molecule has 2 aromatic rings. The summed E-state index contributed by atoms with van der Waals surface area (Å²) >= 11 is 0. The van der Waals surface area contributed by atoms with E-state index in [0.29, 0.717) is 31.5 Å². The number of hydrogen-bond acceptors (Lipinski definition) is 4. The maximum Gasteiger partial charge on any atom is 0.255 e. The Morgan fingerprint density at radius 2 is 2.04 bits per heavy atom. The van der Waals surface area contributed by atoms with Gasteiger partial charge in [-0.2, -0.15) is 0 Å². The molecule has 1 saturated heterocycles. The highest BCUT2D eigenvalue weighted by molar-refractivity contribution is 5.93. The van der Waals surface area contributed by atoms with Crippen molar-refractivity contribution in [2.24, 2.45) is 0 Å². The summed E-state index contributed by atoms with van der Waals surface area (Å²) in [6, 6.07) is 11.4. The minimum atomic E-state index is 0.00546. The van der Waals surface area contributed by atoms with E-state index in [1.807, 2.05) is 29.2 Å². The van der Waals surface area contributed by atoms with Gasteiger partial charge in [0.25, 0.3) is 5.91 Å². The summed E-state index contributed by atoms with van der Waals surface area (Å²) < 4.78 is 5.21. The number of pyridine rings is 1. The first kappa shape index (κ1) is 18.9. The van der Waals surface area contributed by atoms with Gasteiger partial charge in [0.15, 0.2) is 0 Å². The molecule has 0 bridgehead atoms. The highest BCUT2D eigenvalue weighted by Gasteiger charge is 2.24. The van der Waals surface area contributed by atoms with Crippen molar-refractivity contribution in [1.82, 2.24) is 15.2 Å². The predicted molar refractivity (Wildman–Crippen MR) is 103 cm³/mol. The number of nitrogens with one attached hydrogen (secondary N) is 1. The number of nitrogens with zero attached hydrogens (tertiary/aromatic N) is 2. The van der Waals surface area contributed by atoms with E-state index in [4.69, 9.17) is 4.74 Å². The average Bonchev–Trinajstić information content (AvgIpc) is 2.73. The fourth-order valence-corrected chi connectivity index (χ4v) is 3.28. The van der Waals surface area contributed by atoms with Gasteiger partial charge in [-0.05, 0) is 49.1 Å². The van der Waals surface area contributed by atoms with Crippen LogP contribution in [-0.2, 0) is 11.2 Å². The van der Waals surface area contributed by atoms with Crippen LogP contribution in [0.5, 0.6) is 5.75 Å². The molecule has 0 saturated carbocycles. The Bertz CT molecular complexity index is 771. The zero-order valence-electron chi connectivity index (χ0n) is 15.6. The van der Waals surface area contributed by atoms with Crippen molar-refractivity contribution in [2.45, 2.75) is 31.7 Å². The van der Waals surface area contributed by atoms with Crippen LogP contribution < -0.4 is 10.1 Å². The molecule has 1 aromatic carbocycles. The molecular weight excluding hydrogens is 342 g/mol. The Labute approximate surface area is 159 Å². The van der Waals surface area contributed by atoms with Crippen LogP contribution in [0.1, 0.15) is 35.2 Å². The Morgan fingerprint density at radius 1 is 1.22 bits per heavy atom. The van der Waals surface area contributed by atoms with E-state index >= 15 is 0 Å². The van der Waals surface area contributed by atoms with E-state index in [0.717, 1.165) is 24.2 Å². The zero-order valence-corrected chi connectivity index (χ0v) is 15.6. The molecule has 0 atom stereocenters. The number of ether oxygens (including phenoxy) is 1. The second-order valence-electron chi connectivity index (χ2n) is 6.73. The largest absolute Gasteiger partial charge is 0.497 e. The molecule has 1 aliphatic rings. The van der Waals surface area contributed by atoms with Crippen molar-refractivity contribution in [3.63, 3.8) is 0 Å². The van der Waals surface area contributed by atoms with Crippen LogP contribution in [-0.4, -0.2) is 47.9 Å². The van der Waals surface area contributed by atoms with Gasteiger partial charge in [0.05, 0.1) is 12.7 Å². The molecule has 0 spiro atoms. The number of carbonyl (C=O) groups excluding carboxylic acids is 2. The van der Waals surface area contributed by atoms with Crippen LogP contribution in [0.4, 0.5) is 0 Å². The lowest BCUT2D eigenvalue weighted by molar-refractivity contribution is -0.122. The monoisotopic (exact) mass is 367 g/mol. The highest BCUT2D eigenvalue weighted by atomic mass is 16.5. The number of hydrogen-bond donors (Lipinski definition) is 1. The molecule has 142 valence electrons. The SMILES string of the molecule is COc1cccc(CCC(=O)NC2CCN(C(=O)c3cccnc3)CC2)c1. The summed E-state index contributed by atoms with van der Waals surface area (Å²) in [5.74, 6) is 0.860. The molecule has 3 rings (SSSR count). The maximum absolute atomic E-state index is 12.4. The Hall–Kier alpha value is -2.89. The minimum absolute atomic E-state index is 0.00546. The molecule has 0 aliphatic carbocycles. The molecule has 1 fully saturated rings. The van der Waals surface area contributed by atoms with E-state index in [1.165, 1.54) is 0 Å². The first-order valence-corrected chi connectivity index (χ1v) is 9.27. The third-order valence-corrected chi connectivity index (χ3v) is 4.83. The first-order chi connectivity index (χ1) is 13.2. The molecule has 0 unspecified atom stereocenters. The van der Waals surface area contributed by atoms with E-state index < -0.39 is 0 Å². The number of amides is 2. The number of aryl methyl sites for hydroxylation is 1. The van der Waals surface area contributed by atoms with Gasteiger partial charge in [0.1, 0.15) is 5.75 Å². The second kappa shape index (κ2) is 9.16. The maximum atomic E-state index is 12.4. The van der Waals surface area contributed by atoms with Crippen molar-refractivity contribution in [3.8, 4) is 5.75 Å². The predicted octanol–water partition coefficient (Wildman–Crippen LogP) is 2.44. The van der Waals surface area contributed by atoms with E-state index in [-0.39, 0.29) is 17.9 Å². The Balaban J connectivity index is 1.42. The minimum Gasteiger partial charge on any atom is -0.497 e. The van der Waals surface area contributed by atoms with Crippen LogP contribution in [0.25, 0.3) is 0 Å². The molecule has 2 amide bonds. The second-order valence-corrected chi connectivity index (χ2v) is 6.73. The number of rotatable bonds is 6. The third-order valence-electron chi connectivity index (χ3n) is 4.83. The van der Waals surface area contributed by atoms with E-state index in [9.17, 15) is 9.59 Å². The molecule has 6 heteroatoms. The fourth-order valence-electron chi connectivity index (χ4n) is 3.28. The van der Waals surface area contributed by atoms with E-state index in [1.54, 1.807) is 31.6 Å². The van der Waals surface area contributed by atoms with Crippen molar-refractivity contribution in [3.05, 3.63) is 59.9 Å². The molecular formula is C21H25N3O3. The summed E-state index contributed by atoms with van der Waals surface area (Å²) in [4.78, 5) is 30.5. The summed E-state index contributed by atoms with van der Waals surface area (Å²) in [6.45, 7) is 1.29.